The minimum absolute atomic E-state index is 0.181. The van der Waals surface area contributed by atoms with E-state index in [4.69, 9.17) is 0 Å². The van der Waals surface area contributed by atoms with Gasteiger partial charge in [0.25, 0.3) is 0 Å². The number of halogens is 1. The molecule has 1 saturated heterocycles. The van der Waals surface area contributed by atoms with E-state index in [1.165, 1.54) is 0 Å². The minimum Gasteiger partial charge on any atom is -0.316 e. The third kappa shape index (κ3) is 2.92. The van der Waals surface area contributed by atoms with Crippen molar-refractivity contribution in [2.75, 3.05) is 18.8 Å². The van der Waals surface area contributed by atoms with Crippen LogP contribution in [0.4, 0.5) is 3.89 Å². The second kappa shape index (κ2) is 4.14. The molecule has 1 aliphatic heterocycles. The molecule has 5 heteroatoms. The molecule has 0 amide bonds. The van der Waals surface area contributed by atoms with Crippen LogP contribution in [0.15, 0.2) is 0 Å². The summed E-state index contributed by atoms with van der Waals surface area (Å²) in [4.78, 5) is 0. The average molecular weight is 223 g/mol. The summed E-state index contributed by atoms with van der Waals surface area (Å²) < 4.78 is 34.2. The second-order valence-electron chi connectivity index (χ2n) is 4.48. The van der Waals surface area contributed by atoms with Crippen LogP contribution in [-0.4, -0.2) is 27.3 Å². The van der Waals surface area contributed by atoms with Crippen molar-refractivity contribution in [3.63, 3.8) is 0 Å². The Hall–Kier alpha value is -0.160. The van der Waals surface area contributed by atoms with Crippen molar-refractivity contribution in [1.29, 1.82) is 0 Å². The van der Waals surface area contributed by atoms with Crippen LogP contribution >= 0.6 is 0 Å². The second-order valence-corrected chi connectivity index (χ2v) is 5.85. The van der Waals surface area contributed by atoms with Gasteiger partial charge in [-0.05, 0) is 25.3 Å². The first kappa shape index (κ1) is 11.9. The third-order valence-corrected chi connectivity index (χ3v) is 4.11. The molecule has 1 N–H and O–H groups in total. The van der Waals surface area contributed by atoms with E-state index in [1.54, 1.807) is 0 Å². The summed E-state index contributed by atoms with van der Waals surface area (Å²) in [5, 5.41) is 3.15. The van der Waals surface area contributed by atoms with Crippen molar-refractivity contribution >= 4 is 10.2 Å². The smallest absolute Gasteiger partial charge is 0.303 e. The lowest BCUT2D eigenvalue weighted by molar-refractivity contribution is 0.162. The molecule has 0 aromatic carbocycles. The normalized spacial score (nSPS) is 29.4. The number of nitrogens with one attached hydrogen (secondary N) is 1. The zero-order valence-electron chi connectivity index (χ0n) is 8.72. The highest BCUT2D eigenvalue weighted by atomic mass is 32.3. The molecular formula is C9H18FNO2S. The predicted molar refractivity (Wildman–Crippen MR) is 54.3 cm³/mol. The Bertz CT molecular complexity index is 281. The van der Waals surface area contributed by atoms with E-state index in [9.17, 15) is 12.3 Å². The van der Waals surface area contributed by atoms with E-state index in [2.05, 4.69) is 5.32 Å². The van der Waals surface area contributed by atoms with E-state index in [0.29, 0.717) is 6.54 Å². The van der Waals surface area contributed by atoms with E-state index in [0.717, 1.165) is 19.4 Å². The topological polar surface area (TPSA) is 46.2 Å². The molecule has 1 aliphatic rings. The summed E-state index contributed by atoms with van der Waals surface area (Å²) in [7, 11) is -4.37. The van der Waals surface area contributed by atoms with E-state index in [1.807, 2.05) is 13.8 Å². The van der Waals surface area contributed by atoms with Gasteiger partial charge in [0, 0.05) is 12.0 Å². The van der Waals surface area contributed by atoms with Crippen LogP contribution in [0.3, 0.4) is 0 Å². The van der Waals surface area contributed by atoms with Crippen molar-refractivity contribution in [3.05, 3.63) is 0 Å². The summed E-state index contributed by atoms with van der Waals surface area (Å²) in [6.45, 7) is 5.42. The lowest BCUT2D eigenvalue weighted by Gasteiger charge is -2.40. The minimum atomic E-state index is -4.37. The molecule has 3 nitrogen and oxygen atoms in total. The molecule has 0 bridgehead atoms. The average Bonchev–Trinajstić information content (AvgIpc) is 2.02. The monoisotopic (exact) mass is 223 g/mol. The van der Waals surface area contributed by atoms with Gasteiger partial charge in [0.05, 0.1) is 5.75 Å². The molecule has 0 aromatic heterocycles. The fraction of sp³-hybridized carbons (Fsp3) is 1.00. The summed E-state index contributed by atoms with van der Waals surface area (Å²) >= 11 is 0. The molecule has 0 saturated carbocycles. The number of piperidine rings is 1. The molecule has 1 heterocycles. The molecule has 1 atom stereocenters. The highest BCUT2D eigenvalue weighted by molar-refractivity contribution is 7.86. The molecular weight excluding hydrogens is 205 g/mol. The van der Waals surface area contributed by atoms with Gasteiger partial charge < -0.3 is 5.32 Å². The number of hydrogen-bond donors (Lipinski definition) is 1. The SMILES string of the molecule is CC(C)C1(CS(=O)(=O)F)CCCNC1. The Kier molecular flexibility index (Phi) is 3.53. The molecule has 1 rings (SSSR count). The van der Waals surface area contributed by atoms with Gasteiger partial charge in [-0.1, -0.05) is 13.8 Å². The summed E-state index contributed by atoms with van der Waals surface area (Å²) in [5.41, 5.74) is -0.411. The highest BCUT2D eigenvalue weighted by Gasteiger charge is 2.39. The fourth-order valence-electron chi connectivity index (χ4n) is 2.12. The van der Waals surface area contributed by atoms with Crippen molar-refractivity contribution in [2.45, 2.75) is 26.7 Å². The lowest BCUT2D eigenvalue weighted by atomic mass is 9.73. The third-order valence-electron chi connectivity index (χ3n) is 3.19. The first-order valence-corrected chi connectivity index (χ1v) is 6.54. The van der Waals surface area contributed by atoms with Crippen molar-refractivity contribution in [1.82, 2.24) is 5.32 Å². The number of rotatable bonds is 3. The largest absolute Gasteiger partial charge is 0.316 e. The maximum atomic E-state index is 12.7. The Morgan fingerprint density at radius 1 is 1.50 bits per heavy atom. The van der Waals surface area contributed by atoms with Gasteiger partial charge in [0.15, 0.2) is 0 Å². The fourth-order valence-corrected chi connectivity index (χ4v) is 3.38. The van der Waals surface area contributed by atoms with Crippen LogP contribution in [0.5, 0.6) is 0 Å². The van der Waals surface area contributed by atoms with Gasteiger partial charge >= 0.3 is 10.2 Å². The van der Waals surface area contributed by atoms with Gasteiger partial charge in [0.1, 0.15) is 0 Å². The molecule has 0 aromatic rings. The van der Waals surface area contributed by atoms with E-state index in [-0.39, 0.29) is 11.7 Å². The Morgan fingerprint density at radius 3 is 2.50 bits per heavy atom. The van der Waals surface area contributed by atoms with Crippen LogP contribution in [0.1, 0.15) is 26.7 Å². The van der Waals surface area contributed by atoms with Crippen molar-refractivity contribution in [2.24, 2.45) is 11.3 Å². The predicted octanol–water partition coefficient (Wildman–Crippen LogP) is 1.31. The summed E-state index contributed by atoms with van der Waals surface area (Å²) in [6.07, 6.45) is 1.72. The lowest BCUT2D eigenvalue weighted by Crippen LogP contribution is -2.47. The molecule has 0 aliphatic carbocycles. The van der Waals surface area contributed by atoms with Crippen LogP contribution in [0, 0.1) is 11.3 Å². The van der Waals surface area contributed by atoms with Crippen LogP contribution in [-0.2, 0) is 10.2 Å². The zero-order chi connectivity index (χ0) is 10.8. The van der Waals surface area contributed by atoms with E-state index < -0.39 is 15.6 Å². The first-order valence-electron chi connectivity index (χ1n) is 4.99. The summed E-state index contributed by atoms with van der Waals surface area (Å²) in [5.74, 6) is -0.161. The Balaban J connectivity index is 2.81. The van der Waals surface area contributed by atoms with Crippen LogP contribution in [0.25, 0.3) is 0 Å². The molecule has 1 fully saturated rings. The standard InChI is InChI=1S/C9H18FNO2S/c1-8(2)9(7-14(10,12)13)4-3-5-11-6-9/h8,11H,3-7H2,1-2H3. The summed E-state index contributed by atoms with van der Waals surface area (Å²) in [6, 6.07) is 0. The first-order chi connectivity index (χ1) is 6.36. The number of hydrogen-bond acceptors (Lipinski definition) is 3. The van der Waals surface area contributed by atoms with E-state index >= 15 is 0 Å². The van der Waals surface area contributed by atoms with Crippen LogP contribution < -0.4 is 5.32 Å². The Morgan fingerprint density at radius 2 is 2.14 bits per heavy atom. The van der Waals surface area contributed by atoms with Crippen molar-refractivity contribution in [3.8, 4) is 0 Å². The van der Waals surface area contributed by atoms with Gasteiger partial charge in [-0.2, -0.15) is 8.42 Å². The molecule has 1 unspecified atom stereocenters. The molecule has 0 radical (unpaired) electrons. The van der Waals surface area contributed by atoms with Gasteiger partial charge in [-0.15, -0.1) is 3.89 Å². The van der Waals surface area contributed by atoms with Gasteiger partial charge in [0.2, 0.25) is 0 Å². The van der Waals surface area contributed by atoms with Crippen molar-refractivity contribution < 1.29 is 12.3 Å². The quantitative estimate of drug-likeness (QED) is 0.734. The van der Waals surface area contributed by atoms with Crippen LogP contribution in [0.2, 0.25) is 0 Å². The molecule has 14 heavy (non-hydrogen) atoms. The molecule has 0 spiro atoms. The highest BCUT2D eigenvalue weighted by Crippen LogP contribution is 2.36. The maximum Gasteiger partial charge on any atom is 0.303 e. The molecule has 84 valence electrons. The maximum absolute atomic E-state index is 12.7. The Labute approximate surface area is 85.3 Å². The van der Waals surface area contributed by atoms with Gasteiger partial charge in [-0.3, -0.25) is 0 Å². The zero-order valence-corrected chi connectivity index (χ0v) is 9.53. The van der Waals surface area contributed by atoms with Gasteiger partial charge in [-0.25, -0.2) is 0 Å².